The molecule has 2 aromatic rings. The van der Waals surface area contributed by atoms with E-state index in [1.165, 1.54) is 17.5 Å². The van der Waals surface area contributed by atoms with Crippen molar-refractivity contribution >= 4 is 16.9 Å². The van der Waals surface area contributed by atoms with Gasteiger partial charge in [0.15, 0.2) is 5.65 Å². The molecule has 0 saturated carbocycles. The number of hydrogen-bond acceptors (Lipinski definition) is 3. The Morgan fingerprint density at radius 1 is 1.26 bits per heavy atom. The number of nitrogens with zero attached hydrogens (tertiary/aromatic N) is 2. The minimum absolute atomic E-state index is 0.0128. The zero-order chi connectivity index (χ0) is 17.0. The second-order valence-corrected chi connectivity index (χ2v) is 6.09. The van der Waals surface area contributed by atoms with Crippen LogP contribution < -0.4 is 10.9 Å². The Kier molecular flexibility index (Phi) is 5.58. The number of H-pyrrole nitrogens is 1. The van der Waals surface area contributed by atoms with Crippen LogP contribution in [0.1, 0.15) is 49.4 Å². The van der Waals surface area contributed by atoms with E-state index in [1.807, 2.05) is 13.8 Å². The monoisotopic (exact) mass is 318 g/mol. The Hall–Kier alpha value is -2.11. The molecule has 23 heavy (non-hydrogen) atoms. The summed E-state index contributed by atoms with van der Waals surface area (Å²) in [6.45, 7) is 6.63. The number of rotatable bonds is 7. The molecule has 0 saturated heterocycles. The number of hydrogen-bond donors (Lipinski definition) is 2. The smallest absolute Gasteiger partial charge is 0.276 e. The van der Waals surface area contributed by atoms with Crippen LogP contribution in [0.5, 0.6) is 0 Å². The van der Waals surface area contributed by atoms with Gasteiger partial charge in [0.25, 0.3) is 5.56 Å². The number of unbranched alkanes of at least 4 members (excludes halogenated alkanes) is 3. The van der Waals surface area contributed by atoms with E-state index in [-0.39, 0.29) is 17.9 Å². The van der Waals surface area contributed by atoms with Crippen LogP contribution in [0.15, 0.2) is 4.79 Å². The van der Waals surface area contributed by atoms with Crippen molar-refractivity contribution in [1.82, 2.24) is 20.1 Å². The number of fused-ring (bicyclic) bond motifs is 1. The third-order valence-corrected chi connectivity index (χ3v) is 4.26. The molecule has 0 fully saturated rings. The molecular formula is C17H26N4O2. The summed E-state index contributed by atoms with van der Waals surface area (Å²) >= 11 is 0. The molecule has 0 aliphatic heterocycles. The number of carbonyl (C=O) groups excluding carboxylic acids is 1. The van der Waals surface area contributed by atoms with Gasteiger partial charge in [0.05, 0.1) is 11.8 Å². The summed E-state index contributed by atoms with van der Waals surface area (Å²) in [5, 5.41) is 6.46. The van der Waals surface area contributed by atoms with E-state index in [2.05, 4.69) is 22.3 Å². The molecule has 1 amide bonds. The largest absolute Gasteiger partial charge is 0.356 e. The number of aromatic amines is 1. The predicted octanol–water partition coefficient (Wildman–Crippen LogP) is 2.12. The summed E-state index contributed by atoms with van der Waals surface area (Å²) in [5.41, 5.74) is 2.95. The fourth-order valence-corrected chi connectivity index (χ4v) is 2.87. The van der Waals surface area contributed by atoms with Crippen molar-refractivity contribution in [2.45, 2.75) is 52.9 Å². The van der Waals surface area contributed by atoms with Gasteiger partial charge in [-0.25, -0.2) is 4.98 Å². The molecule has 6 nitrogen and oxygen atoms in total. The molecule has 0 aliphatic carbocycles. The van der Waals surface area contributed by atoms with Crippen LogP contribution in [0.25, 0.3) is 11.0 Å². The lowest BCUT2D eigenvalue weighted by molar-refractivity contribution is -0.120. The summed E-state index contributed by atoms with van der Waals surface area (Å²) < 4.78 is 1.42. The van der Waals surface area contributed by atoms with Crippen LogP contribution >= 0.6 is 0 Å². The molecule has 0 unspecified atom stereocenters. The van der Waals surface area contributed by atoms with Gasteiger partial charge in [0, 0.05) is 19.3 Å². The number of aryl methyl sites for hydroxylation is 3. The Morgan fingerprint density at radius 3 is 2.70 bits per heavy atom. The van der Waals surface area contributed by atoms with Crippen molar-refractivity contribution in [3.05, 3.63) is 27.2 Å². The van der Waals surface area contributed by atoms with Crippen molar-refractivity contribution in [3.8, 4) is 0 Å². The molecule has 0 atom stereocenters. The van der Waals surface area contributed by atoms with Gasteiger partial charge in [-0.1, -0.05) is 26.2 Å². The van der Waals surface area contributed by atoms with Crippen molar-refractivity contribution in [3.63, 3.8) is 0 Å². The number of pyridine rings is 1. The number of aromatic nitrogens is 3. The van der Waals surface area contributed by atoms with Crippen LogP contribution in [0.4, 0.5) is 0 Å². The molecule has 2 N–H and O–H groups in total. The zero-order valence-electron chi connectivity index (χ0n) is 14.5. The van der Waals surface area contributed by atoms with Gasteiger partial charge < -0.3 is 5.32 Å². The standard InChI is InChI=1S/C17H26N4O2/c1-5-6-7-8-9-18-14(22)10-13-11(2)15-16(19-12(13)3)20-21(4)17(15)23/h5-10H2,1-4H3,(H,18,22)(H,19,20). The number of carbonyl (C=O) groups is 1. The van der Waals surface area contributed by atoms with E-state index in [0.717, 1.165) is 29.7 Å². The van der Waals surface area contributed by atoms with E-state index in [4.69, 9.17) is 0 Å². The van der Waals surface area contributed by atoms with E-state index in [9.17, 15) is 9.59 Å². The van der Waals surface area contributed by atoms with Crippen LogP contribution in [0.3, 0.4) is 0 Å². The highest BCUT2D eigenvalue weighted by Crippen LogP contribution is 2.19. The molecule has 2 heterocycles. The van der Waals surface area contributed by atoms with E-state index >= 15 is 0 Å². The molecular weight excluding hydrogens is 292 g/mol. The van der Waals surface area contributed by atoms with E-state index in [0.29, 0.717) is 17.6 Å². The van der Waals surface area contributed by atoms with Crippen molar-refractivity contribution in [2.24, 2.45) is 7.05 Å². The first-order chi connectivity index (χ1) is 11.0. The normalized spacial score (nSPS) is 11.1. The first-order valence-electron chi connectivity index (χ1n) is 8.27. The predicted molar refractivity (Wildman–Crippen MR) is 91.7 cm³/mol. The second kappa shape index (κ2) is 7.44. The molecule has 126 valence electrons. The zero-order valence-corrected chi connectivity index (χ0v) is 14.5. The Balaban J connectivity index is 2.12. The lowest BCUT2D eigenvalue weighted by Gasteiger charge is -2.10. The first-order valence-corrected chi connectivity index (χ1v) is 8.27. The van der Waals surface area contributed by atoms with Gasteiger partial charge in [0.1, 0.15) is 0 Å². The fourth-order valence-electron chi connectivity index (χ4n) is 2.87. The van der Waals surface area contributed by atoms with Crippen LogP contribution in [-0.2, 0) is 18.3 Å². The van der Waals surface area contributed by atoms with Crippen molar-refractivity contribution < 1.29 is 4.79 Å². The van der Waals surface area contributed by atoms with Crippen LogP contribution in [0, 0.1) is 13.8 Å². The highest BCUT2D eigenvalue weighted by Gasteiger charge is 2.16. The molecule has 0 aromatic carbocycles. The minimum Gasteiger partial charge on any atom is -0.356 e. The first kappa shape index (κ1) is 17.2. The summed E-state index contributed by atoms with van der Waals surface area (Å²) in [6.07, 6.45) is 4.80. The van der Waals surface area contributed by atoms with Gasteiger partial charge in [-0.15, -0.1) is 0 Å². The fraction of sp³-hybridized carbons (Fsp3) is 0.588. The third kappa shape index (κ3) is 3.81. The third-order valence-electron chi connectivity index (χ3n) is 4.26. The van der Waals surface area contributed by atoms with Crippen molar-refractivity contribution in [2.75, 3.05) is 6.54 Å². The molecule has 2 rings (SSSR count). The maximum Gasteiger partial charge on any atom is 0.276 e. The van der Waals surface area contributed by atoms with Crippen LogP contribution in [-0.4, -0.2) is 27.2 Å². The lowest BCUT2D eigenvalue weighted by Crippen LogP contribution is -2.27. The summed E-state index contributed by atoms with van der Waals surface area (Å²) in [5.74, 6) is -0.0128. The number of nitrogens with one attached hydrogen (secondary N) is 2. The van der Waals surface area contributed by atoms with Gasteiger partial charge in [-0.3, -0.25) is 19.4 Å². The molecule has 0 radical (unpaired) electrons. The summed E-state index contributed by atoms with van der Waals surface area (Å²) in [6, 6.07) is 0. The maximum absolute atomic E-state index is 12.2. The lowest BCUT2D eigenvalue weighted by atomic mass is 10.0. The quantitative estimate of drug-likeness (QED) is 0.767. The molecule has 0 aliphatic rings. The average molecular weight is 318 g/mol. The Bertz CT molecular complexity index is 758. The molecule has 0 spiro atoms. The SMILES string of the molecule is CCCCCCNC(=O)Cc1c(C)nc2[nH]n(C)c(=O)c2c1C. The Labute approximate surface area is 136 Å². The minimum atomic E-state index is -0.105. The van der Waals surface area contributed by atoms with Crippen molar-refractivity contribution in [1.29, 1.82) is 0 Å². The maximum atomic E-state index is 12.2. The molecule has 6 heteroatoms. The van der Waals surface area contributed by atoms with Crippen LogP contribution in [0.2, 0.25) is 0 Å². The summed E-state index contributed by atoms with van der Waals surface area (Å²) in [4.78, 5) is 28.7. The highest BCUT2D eigenvalue weighted by atomic mass is 16.1. The average Bonchev–Trinajstić information content (AvgIpc) is 2.78. The Morgan fingerprint density at radius 2 is 2.00 bits per heavy atom. The highest BCUT2D eigenvalue weighted by molar-refractivity contribution is 5.84. The van der Waals surface area contributed by atoms with E-state index < -0.39 is 0 Å². The van der Waals surface area contributed by atoms with Gasteiger partial charge in [-0.05, 0) is 31.4 Å². The summed E-state index contributed by atoms with van der Waals surface area (Å²) in [7, 11) is 1.67. The molecule has 0 bridgehead atoms. The van der Waals surface area contributed by atoms with Gasteiger partial charge in [-0.2, -0.15) is 0 Å². The molecule has 2 aromatic heterocycles. The van der Waals surface area contributed by atoms with Gasteiger partial charge >= 0.3 is 0 Å². The number of amides is 1. The topological polar surface area (TPSA) is 79.8 Å². The van der Waals surface area contributed by atoms with E-state index in [1.54, 1.807) is 7.05 Å². The second-order valence-electron chi connectivity index (χ2n) is 6.09. The van der Waals surface area contributed by atoms with Gasteiger partial charge in [0.2, 0.25) is 5.91 Å².